The van der Waals surface area contributed by atoms with Gasteiger partial charge >= 0.3 is 0 Å². The van der Waals surface area contributed by atoms with Crippen molar-refractivity contribution in [2.45, 2.75) is 56.7 Å². The molecule has 2 saturated heterocycles. The molecule has 8 heteroatoms. The maximum absolute atomic E-state index is 15.0. The molecule has 4 heterocycles. The summed E-state index contributed by atoms with van der Waals surface area (Å²) < 4.78 is 38.0. The summed E-state index contributed by atoms with van der Waals surface area (Å²) in [5.41, 5.74) is 1.11. The number of aromatic hydroxyl groups is 1. The Balaban J connectivity index is 1.37. The van der Waals surface area contributed by atoms with Gasteiger partial charge in [0.2, 0.25) is 0 Å². The highest BCUT2D eigenvalue weighted by Gasteiger charge is 2.49. The Morgan fingerprint density at radius 1 is 1.19 bits per heavy atom. The second kappa shape index (κ2) is 7.27. The molecule has 2 aromatic heterocycles. The maximum atomic E-state index is 15.0. The fourth-order valence-electron chi connectivity index (χ4n) is 5.39. The molecule has 0 aliphatic carbocycles. The number of aryl methyl sites for hydroxylation is 1. The SMILES string of the molecule is [2H]C([2H])([2H])n1cc(-c2cc(O)c(-c3ccc(N(C)C4C[C@]5(C)CC[C@](C)(C4)N5)nn3)cc2F)cn1. The van der Waals surface area contributed by atoms with Crippen LogP contribution < -0.4 is 10.2 Å². The predicted octanol–water partition coefficient (Wildman–Crippen LogP) is 3.89. The summed E-state index contributed by atoms with van der Waals surface area (Å²) in [6.07, 6.45) is 6.85. The Morgan fingerprint density at radius 2 is 1.94 bits per heavy atom. The normalized spacial score (nSPS) is 28.8. The quantitative estimate of drug-likeness (QED) is 0.642. The number of halogens is 1. The third-order valence-electron chi connectivity index (χ3n) is 7.02. The highest BCUT2D eigenvalue weighted by Crippen LogP contribution is 2.44. The molecule has 2 N–H and O–H groups in total. The molecule has 3 atom stereocenters. The molecule has 3 aromatic rings. The molecule has 2 fully saturated rings. The summed E-state index contributed by atoms with van der Waals surface area (Å²) in [6.45, 7) is 2.09. The van der Waals surface area contributed by atoms with E-state index in [4.69, 9.17) is 4.11 Å². The minimum atomic E-state index is -2.47. The Labute approximate surface area is 191 Å². The largest absolute Gasteiger partial charge is 0.507 e. The standard InChI is InChI=1S/C24H29FN6O/c1-23-7-8-24(2,29-23)12-16(11-23)31(4)22-6-5-20(27-28-22)18-9-19(25)17(10-21(18)32)15-13-26-30(3)14-15/h5-6,9-10,13-14,16,29,32H,7-8,11-12H2,1-4H3/t16?,23-,24+/i3D3. The average molecular weight is 440 g/mol. The van der Waals surface area contributed by atoms with E-state index in [1.54, 1.807) is 6.07 Å². The first kappa shape index (κ1) is 17.5. The van der Waals surface area contributed by atoms with Gasteiger partial charge in [-0.2, -0.15) is 5.10 Å². The Bertz CT molecular complexity index is 1250. The molecule has 2 bridgehead atoms. The molecular formula is C24H29FN6O. The van der Waals surface area contributed by atoms with Crippen molar-refractivity contribution in [1.82, 2.24) is 25.3 Å². The summed E-state index contributed by atoms with van der Waals surface area (Å²) >= 11 is 0. The van der Waals surface area contributed by atoms with Crippen molar-refractivity contribution < 1.29 is 13.6 Å². The van der Waals surface area contributed by atoms with Crippen LogP contribution in [0.5, 0.6) is 5.75 Å². The number of anilines is 1. The second-order valence-corrected chi connectivity index (χ2v) is 9.72. The molecule has 0 amide bonds. The number of nitrogens with zero attached hydrogens (tertiary/aromatic N) is 5. The number of nitrogens with one attached hydrogen (secondary N) is 1. The second-order valence-electron chi connectivity index (χ2n) is 9.72. The van der Waals surface area contributed by atoms with Crippen LogP contribution in [-0.4, -0.2) is 49.3 Å². The number of hydrogen-bond acceptors (Lipinski definition) is 6. The number of piperidine rings is 1. The topological polar surface area (TPSA) is 79.1 Å². The third kappa shape index (κ3) is 3.62. The number of phenols is 1. The molecule has 5 rings (SSSR count). The van der Waals surface area contributed by atoms with Crippen LogP contribution in [0.25, 0.3) is 22.4 Å². The summed E-state index contributed by atoms with van der Waals surface area (Å²) in [6, 6.07) is 6.31. The van der Waals surface area contributed by atoms with Crippen LogP contribution in [0.3, 0.4) is 0 Å². The lowest BCUT2D eigenvalue weighted by atomic mass is 9.84. The van der Waals surface area contributed by atoms with Gasteiger partial charge in [0, 0.05) is 58.1 Å². The predicted molar refractivity (Wildman–Crippen MR) is 122 cm³/mol. The zero-order chi connectivity index (χ0) is 25.2. The van der Waals surface area contributed by atoms with Crippen molar-refractivity contribution in [3.63, 3.8) is 0 Å². The van der Waals surface area contributed by atoms with Gasteiger partial charge in [0.15, 0.2) is 5.82 Å². The lowest BCUT2D eigenvalue weighted by Gasteiger charge is -2.45. The molecule has 0 radical (unpaired) electrons. The van der Waals surface area contributed by atoms with E-state index in [9.17, 15) is 9.50 Å². The smallest absolute Gasteiger partial charge is 0.151 e. The molecule has 2 aliphatic rings. The van der Waals surface area contributed by atoms with Gasteiger partial charge in [-0.3, -0.25) is 4.68 Å². The number of aromatic nitrogens is 4. The first-order valence-electron chi connectivity index (χ1n) is 12.3. The molecule has 2 aliphatic heterocycles. The van der Waals surface area contributed by atoms with Gasteiger partial charge in [-0.05, 0) is 63.8 Å². The molecule has 32 heavy (non-hydrogen) atoms. The van der Waals surface area contributed by atoms with Crippen LogP contribution in [-0.2, 0) is 6.98 Å². The highest BCUT2D eigenvalue weighted by molar-refractivity contribution is 5.74. The van der Waals surface area contributed by atoms with Gasteiger partial charge in [0.05, 0.1) is 11.9 Å². The van der Waals surface area contributed by atoms with E-state index in [0.29, 0.717) is 11.7 Å². The Kier molecular flexibility index (Phi) is 3.98. The van der Waals surface area contributed by atoms with Gasteiger partial charge < -0.3 is 15.3 Å². The number of hydrogen-bond donors (Lipinski definition) is 2. The van der Waals surface area contributed by atoms with Crippen molar-refractivity contribution in [2.24, 2.45) is 6.98 Å². The van der Waals surface area contributed by atoms with Crippen molar-refractivity contribution in [2.75, 3.05) is 11.9 Å². The molecule has 168 valence electrons. The first-order chi connectivity index (χ1) is 16.4. The zero-order valence-electron chi connectivity index (χ0n) is 21.4. The minimum Gasteiger partial charge on any atom is -0.507 e. The van der Waals surface area contributed by atoms with Crippen molar-refractivity contribution >= 4 is 5.82 Å². The van der Waals surface area contributed by atoms with Crippen molar-refractivity contribution in [1.29, 1.82) is 0 Å². The van der Waals surface area contributed by atoms with Gasteiger partial charge in [-0.25, -0.2) is 4.39 Å². The van der Waals surface area contributed by atoms with Gasteiger partial charge in [0.25, 0.3) is 0 Å². The van der Waals surface area contributed by atoms with E-state index in [2.05, 4.69) is 39.4 Å². The van der Waals surface area contributed by atoms with Crippen molar-refractivity contribution in [3.8, 4) is 28.1 Å². The van der Waals surface area contributed by atoms with Crippen LogP contribution in [0.4, 0.5) is 10.2 Å². The molecule has 0 spiro atoms. The van der Waals surface area contributed by atoms with E-state index in [-0.39, 0.29) is 33.5 Å². The van der Waals surface area contributed by atoms with Crippen LogP contribution in [0, 0.1) is 5.82 Å². The monoisotopic (exact) mass is 439 g/mol. The molecular weight excluding hydrogens is 407 g/mol. The van der Waals surface area contributed by atoms with E-state index in [1.165, 1.54) is 24.5 Å². The Hall–Kier alpha value is -3.00. The fraction of sp³-hybridized carbons (Fsp3) is 0.458. The summed E-state index contributed by atoms with van der Waals surface area (Å²) in [5, 5.41) is 26.8. The minimum absolute atomic E-state index is 0.0496. The van der Waals surface area contributed by atoms with E-state index >= 15 is 0 Å². The maximum Gasteiger partial charge on any atom is 0.151 e. The lowest BCUT2D eigenvalue weighted by Crippen LogP contribution is -2.58. The van der Waals surface area contributed by atoms with E-state index in [1.807, 2.05) is 13.1 Å². The van der Waals surface area contributed by atoms with E-state index < -0.39 is 12.8 Å². The molecule has 1 aromatic carbocycles. The van der Waals surface area contributed by atoms with Gasteiger partial charge in [-0.15, -0.1) is 10.2 Å². The zero-order valence-corrected chi connectivity index (χ0v) is 18.4. The molecule has 0 saturated carbocycles. The van der Waals surface area contributed by atoms with Gasteiger partial charge in [-0.1, -0.05) is 0 Å². The third-order valence-corrected chi connectivity index (χ3v) is 7.02. The van der Waals surface area contributed by atoms with Crippen LogP contribution in [0.2, 0.25) is 0 Å². The van der Waals surface area contributed by atoms with Crippen LogP contribution in [0.15, 0.2) is 36.7 Å². The average Bonchev–Trinajstić information content (AvgIpc) is 3.37. The highest BCUT2D eigenvalue weighted by atomic mass is 19.1. The molecule has 1 unspecified atom stereocenters. The van der Waals surface area contributed by atoms with Crippen LogP contribution in [0.1, 0.15) is 43.6 Å². The lowest BCUT2D eigenvalue weighted by molar-refractivity contribution is 0.207. The number of rotatable bonds is 4. The first-order valence-corrected chi connectivity index (χ1v) is 10.8. The Morgan fingerprint density at radius 3 is 2.56 bits per heavy atom. The summed E-state index contributed by atoms with van der Waals surface area (Å²) in [7, 11) is 2.03. The van der Waals surface area contributed by atoms with Gasteiger partial charge in [0.1, 0.15) is 11.6 Å². The molecule has 7 nitrogen and oxygen atoms in total. The summed E-state index contributed by atoms with van der Waals surface area (Å²) in [4.78, 5) is 2.16. The van der Waals surface area contributed by atoms with Crippen molar-refractivity contribution in [3.05, 3.63) is 42.5 Å². The number of phenolic OH excluding ortho intramolecular Hbond substituents is 1. The summed E-state index contributed by atoms with van der Waals surface area (Å²) in [5.74, 6) is -0.0901. The fourth-order valence-corrected chi connectivity index (χ4v) is 5.39. The van der Waals surface area contributed by atoms with Crippen LogP contribution >= 0.6 is 0 Å². The number of fused-ring (bicyclic) bond motifs is 2. The van der Waals surface area contributed by atoms with E-state index in [0.717, 1.165) is 36.2 Å². The number of benzene rings is 1.